The minimum absolute atomic E-state index is 0.836. The average Bonchev–Trinajstić information content (AvgIpc) is 2.57. The van der Waals surface area contributed by atoms with Crippen LogP contribution in [-0.4, -0.2) is 9.78 Å². The second-order valence-corrected chi connectivity index (χ2v) is 2.90. The van der Waals surface area contributed by atoms with E-state index in [2.05, 4.69) is 16.9 Å². The Labute approximate surface area is 81.6 Å². The van der Waals surface area contributed by atoms with Crippen molar-refractivity contribution in [3.63, 3.8) is 0 Å². The monoisotopic (exact) mass is 181 g/mol. The van der Waals surface area contributed by atoms with Crippen LogP contribution in [-0.2, 0) is 7.05 Å². The van der Waals surface area contributed by atoms with Gasteiger partial charge in [-0.15, -0.1) is 0 Å². The lowest BCUT2D eigenvalue weighted by Crippen LogP contribution is -1.88. The van der Waals surface area contributed by atoms with Crippen LogP contribution < -0.4 is 0 Å². The number of aromatic nitrogens is 2. The van der Waals surface area contributed by atoms with Crippen LogP contribution in [0.1, 0.15) is 5.56 Å². The van der Waals surface area contributed by atoms with E-state index in [1.807, 2.05) is 25.2 Å². The van der Waals surface area contributed by atoms with Gasteiger partial charge in [-0.2, -0.15) is 10.4 Å². The molecule has 1 aromatic carbocycles. The summed E-state index contributed by atoms with van der Waals surface area (Å²) in [6.07, 6.45) is 1.80. The van der Waals surface area contributed by atoms with Gasteiger partial charge in [0.25, 0.3) is 0 Å². The first-order chi connectivity index (χ1) is 6.81. The molecule has 0 aliphatic heterocycles. The lowest BCUT2D eigenvalue weighted by Gasteiger charge is -1.94. The van der Waals surface area contributed by atoms with Crippen molar-refractivity contribution in [2.45, 2.75) is 0 Å². The zero-order valence-electron chi connectivity index (χ0n) is 7.65. The van der Waals surface area contributed by atoms with Crippen molar-refractivity contribution in [3.8, 4) is 17.9 Å². The molecule has 0 spiro atoms. The quantitative estimate of drug-likeness (QED) is 0.577. The molecule has 0 unspecified atom stereocenters. The number of benzene rings is 1. The van der Waals surface area contributed by atoms with E-state index in [0.29, 0.717) is 0 Å². The molecule has 0 saturated carbocycles. The van der Waals surface area contributed by atoms with Crippen LogP contribution in [0.4, 0.5) is 0 Å². The molecule has 3 heteroatoms. The summed E-state index contributed by atoms with van der Waals surface area (Å²) >= 11 is 0. The highest BCUT2D eigenvalue weighted by Gasteiger charge is 1.98. The maximum absolute atomic E-state index is 8.31. The summed E-state index contributed by atoms with van der Waals surface area (Å²) in [5, 5.41) is 13.5. The van der Waals surface area contributed by atoms with E-state index in [1.165, 1.54) is 0 Å². The molecule has 0 radical (unpaired) electrons. The molecular weight excluding hydrogens is 174 g/mol. The third kappa shape index (κ3) is 1.32. The Hall–Kier alpha value is -2.26. The van der Waals surface area contributed by atoms with Gasteiger partial charge in [-0.3, -0.25) is 4.68 Å². The van der Waals surface area contributed by atoms with Gasteiger partial charge in [-0.25, -0.2) is 0 Å². The smallest absolute Gasteiger partial charge is 0.152 e. The first-order valence-corrected chi connectivity index (χ1v) is 4.13. The van der Waals surface area contributed by atoms with Crippen molar-refractivity contribution in [2.75, 3.05) is 0 Å². The Morgan fingerprint density at radius 3 is 3.07 bits per heavy atom. The molecule has 0 aliphatic carbocycles. The van der Waals surface area contributed by atoms with E-state index in [4.69, 9.17) is 5.26 Å². The minimum Gasteiger partial charge on any atom is -0.268 e. The normalized spacial score (nSPS) is 9.14. The van der Waals surface area contributed by atoms with Crippen LogP contribution in [0.25, 0.3) is 10.9 Å². The lowest BCUT2D eigenvalue weighted by molar-refractivity contribution is 0.797. The van der Waals surface area contributed by atoms with Gasteiger partial charge in [0.05, 0.1) is 11.7 Å². The molecule has 0 N–H and O–H groups in total. The predicted octanol–water partition coefficient (Wildman–Crippen LogP) is 1.45. The Kier molecular flexibility index (Phi) is 1.93. The van der Waals surface area contributed by atoms with Crippen molar-refractivity contribution in [3.05, 3.63) is 30.0 Å². The first-order valence-electron chi connectivity index (χ1n) is 4.13. The summed E-state index contributed by atoms with van der Waals surface area (Å²) < 4.78 is 1.78. The number of fused-ring (bicyclic) bond motifs is 1. The SMILES string of the molecule is Cn1ncc2ccc(C#CC#N)cc21. The molecule has 0 bridgehead atoms. The van der Waals surface area contributed by atoms with Crippen LogP contribution >= 0.6 is 0 Å². The first kappa shape index (κ1) is 8.34. The Bertz CT molecular complexity index is 576. The molecule has 0 aliphatic rings. The number of nitrogens with zero attached hydrogens (tertiary/aromatic N) is 3. The topological polar surface area (TPSA) is 41.6 Å². The number of nitriles is 1. The predicted molar refractivity (Wildman–Crippen MR) is 53.2 cm³/mol. The van der Waals surface area contributed by atoms with Crippen molar-refractivity contribution in [1.29, 1.82) is 5.26 Å². The van der Waals surface area contributed by atoms with E-state index in [1.54, 1.807) is 16.9 Å². The summed E-state index contributed by atoms with van der Waals surface area (Å²) in [6.45, 7) is 0. The largest absolute Gasteiger partial charge is 0.268 e. The maximum Gasteiger partial charge on any atom is 0.152 e. The molecule has 1 heterocycles. The third-order valence-electron chi connectivity index (χ3n) is 2.01. The molecule has 2 aromatic rings. The Balaban J connectivity index is 2.61. The van der Waals surface area contributed by atoms with Crippen molar-refractivity contribution < 1.29 is 0 Å². The van der Waals surface area contributed by atoms with E-state index in [-0.39, 0.29) is 0 Å². The average molecular weight is 181 g/mol. The fourth-order valence-corrected chi connectivity index (χ4v) is 1.32. The molecule has 14 heavy (non-hydrogen) atoms. The second kappa shape index (κ2) is 3.24. The summed E-state index contributed by atoms with van der Waals surface area (Å²) in [5.74, 6) is 5.12. The van der Waals surface area contributed by atoms with Crippen LogP contribution in [0.3, 0.4) is 0 Å². The molecule has 2 rings (SSSR count). The molecule has 0 amide bonds. The summed E-state index contributed by atoms with van der Waals surface area (Å²) in [5.41, 5.74) is 1.86. The van der Waals surface area contributed by atoms with E-state index < -0.39 is 0 Å². The second-order valence-electron chi connectivity index (χ2n) is 2.90. The van der Waals surface area contributed by atoms with Crippen LogP contribution in [0.2, 0.25) is 0 Å². The van der Waals surface area contributed by atoms with E-state index in [0.717, 1.165) is 16.5 Å². The van der Waals surface area contributed by atoms with Crippen LogP contribution in [0, 0.1) is 23.2 Å². The number of rotatable bonds is 0. The van der Waals surface area contributed by atoms with Gasteiger partial charge in [0, 0.05) is 23.9 Å². The molecule has 0 atom stereocenters. The van der Waals surface area contributed by atoms with Crippen LogP contribution in [0.5, 0.6) is 0 Å². The fraction of sp³-hybridized carbons (Fsp3) is 0.0909. The zero-order valence-corrected chi connectivity index (χ0v) is 7.65. The highest BCUT2D eigenvalue weighted by atomic mass is 15.2. The Morgan fingerprint density at radius 1 is 1.43 bits per heavy atom. The summed E-state index contributed by atoms with van der Waals surface area (Å²) in [4.78, 5) is 0. The number of hydrogen-bond acceptors (Lipinski definition) is 2. The van der Waals surface area contributed by atoms with Gasteiger partial charge in [-0.05, 0) is 18.2 Å². The van der Waals surface area contributed by atoms with Crippen LogP contribution in [0.15, 0.2) is 24.4 Å². The molecule has 3 nitrogen and oxygen atoms in total. The van der Waals surface area contributed by atoms with Gasteiger partial charge in [0.2, 0.25) is 0 Å². The fourth-order valence-electron chi connectivity index (χ4n) is 1.32. The third-order valence-corrected chi connectivity index (χ3v) is 2.01. The van der Waals surface area contributed by atoms with Gasteiger partial charge < -0.3 is 0 Å². The maximum atomic E-state index is 8.31. The highest BCUT2D eigenvalue weighted by Crippen LogP contribution is 2.13. The van der Waals surface area contributed by atoms with Crippen molar-refractivity contribution >= 4 is 10.9 Å². The zero-order chi connectivity index (χ0) is 9.97. The standard InChI is InChI=1S/C11H7N3/c1-14-11-7-9(3-2-6-12)4-5-10(11)8-13-14/h4-5,7-8H,1H3. The highest BCUT2D eigenvalue weighted by molar-refractivity contribution is 5.80. The molecule has 0 saturated heterocycles. The summed E-state index contributed by atoms with van der Waals surface area (Å²) in [7, 11) is 1.88. The van der Waals surface area contributed by atoms with Gasteiger partial charge in [0.15, 0.2) is 6.07 Å². The van der Waals surface area contributed by atoms with E-state index in [9.17, 15) is 0 Å². The Morgan fingerprint density at radius 2 is 2.29 bits per heavy atom. The molecule has 1 aromatic heterocycles. The van der Waals surface area contributed by atoms with Gasteiger partial charge in [0.1, 0.15) is 0 Å². The lowest BCUT2D eigenvalue weighted by atomic mass is 10.2. The van der Waals surface area contributed by atoms with E-state index >= 15 is 0 Å². The minimum atomic E-state index is 0.836. The summed E-state index contributed by atoms with van der Waals surface area (Å²) in [6, 6.07) is 7.54. The molecule has 66 valence electrons. The number of aryl methyl sites for hydroxylation is 1. The van der Waals surface area contributed by atoms with Gasteiger partial charge in [-0.1, -0.05) is 5.92 Å². The van der Waals surface area contributed by atoms with Gasteiger partial charge >= 0.3 is 0 Å². The van der Waals surface area contributed by atoms with Crippen molar-refractivity contribution in [2.24, 2.45) is 7.05 Å². The molecular formula is C11H7N3. The number of hydrogen-bond donors (Lipinski definition) is 0. The molecule has 0 fully saturated rings. The van der Waals surface area contributed by atoms with Crippen molar-refractivity contribution in [1.82, 2.24) is 9.78 Å².